The molecular formula is C24H24BrF3N4O2. The second kappa shape index (κ2) is 9.89. The SMILES string of the molecule is O=c1cc(Nc2cccc(C(F)(F)F)c2)ncn1CC1(O)CCN(Cc2ccc(Br)cc2)CC1. The topological polar surface area (TPSA) is 70.4 Å². The molecule has 4 rings (SSSR count). The van der Waals surface area contributed by atoms with Gasteiger partial charge in [-0.2, -0.15) is 13.2 Å². The van der Waals surface area contributed by atoms with Crippen LogP contribution in [0.25, 0.3) is 0 Å². The Balaban J connectivity index is 1.36. The van der Waals surface area contributed by atoms with Gasteiger partial charge in [-0.1, -0.05) is 34.1 Å². The monoisotopic (exact) mass is 536 g/mol. The van der Waals surface area contributed by atoms with Crippen LogP contribution in [-0.4, -0.2) is 38.2 Å². The number of rotatable bonds is 6. The minimum absolute atomic E-state index is 0.106. The zero-order valence-corrected chi connectivity index (χ0v) is 19.8. The van der Waals surface area contributed by atoms with Gasteiger partial charge in [0.1, 0.15) is 5.82 Å². The summed E-state index contributed by atoms with van der Waals surface area (Å²) in [7, 11) is 0. The van der Waals surface area contributed by atoms with E-state index in [0.717, 1.165) is 23.2 Å². The standard InChI is InChI=1S/C24H24BrF3N4O2/c25-19-6-4-17(5-7-19)14-31-10-8-23(34,9-11-31)15-32-16-29-21(13-22(32)33)30-20-3-1-2-18(12-20)24(26,27)28/h1-7,12-13,16,30,34H,8-11,14-15H2. The van der Waals surface area contributed by atoms with Crippen LogP contribution in [0.3, 0.4) is 0 Å². The van der Waals surface area contributed by atoms with Crippen molar-refractivity contribution in [2.45, 2.75) is 37.7 Å². The highest BCUT2D eigenvalue weighted by Gasteiger charge is 2.33. The smallest absolute Gasteiger partial charge is 0.388 e. The lowest BCUT2D eigenvalue weighted by atomic mass is 9.91. The highest BCUT2D eigenvalue weighted by atomic mass is 79.9. The molecule has 1 aliphatic rings. The van der Waals surface area contributed by atoms with Crippen molar-refractivity contribution < 1.29 is 18.3 Å². The van der Waals surface area contributed by atoms with Crippen molar-refractivity contribution in [1.29, 1.82) is 0 Å². The number of aromatic nitrogens is 2. The van der Waals surface area contributed by atoms with Gasteiger partial charge >= 0.3 is 6.18 Å². The fourth-order valence-electron chi connectivity index (χ4n) is 3.98. The number of piperidine rings is 1. The molecular weight excluding hydrogens is 513 g/mol. The third kappa shape index (κ3) is 6.25. The maximum atomic E-state index is 12.9. The van der Waals surface area contributed by atoms with Gasteiger partial charge in [-0.25, -0.2) is 4.98 Å². The van der Waals surface area contributed by atoms with Crippen LogP contribution in [-0.2, 0) is 19.3 Å². The molecule has 2 heterocycles. The molecule has 10 heteroatoms. The second-order valence-electron chi connectivity index (χ2n) is 8.57. The summed E-state index contributed by atoms with van der Waals surface area (Å²) in [5.74, 6) is 0.136. The van der Waals surface area contributed by atoms with Crippen molar-refractivity contribution in [2.75, 3.05) is 18.4 Å². The van der Waals surface area contributed by atoms with Crippen LogP contribution in [0, 0.1) is 0 Å². The van der Waals surface area contributed by atoms with Gasteiger partial charge in [0.25, 0.3) is 5.56 Å². The number of halogens is 4. The van der Waals surface area contributed by atoms with E-state index in [-0.39, 0.29) is 18.1 Å². The Morgan fingerprint density at radius 2 is 1.79 bits per heavy atom. The summed E-state index contributed by atoms with van der Waals surface area (Å²) in [6.07, 6.45) is -2.12. The van der Waals surface area contributed by atoms with Crippen molar-refractivity contribution in [3.63, 3.8) is 0 Å². The lowest BCUT2D eigenvalue weighted by Gasteiger charge is -2.38. The van der Waals surface area contributed by atoms with Gasteiger partial charge in [-0.3, -0.25) is 14.3 Å². The quantitative estimate of drug-likeness (QED) is 0.473. The number of alkyl halides is 3. The molecule has 34 heavy (non-hydrogen) atoms. The van der Waals surface area contributed by atoms with Gasteiger partial charge in [0.05, 0.1) is 24.0 Å². The van der Waals surface area contributed by atoms with Gasteiger partial charge < -0.3 is 10.4 Å². The molecule has 1 fully saturated rings. The van der Waals surface area contributed by atoms with Crippen LogP contribution < -0.4 is 10.9 Å². The molecule has 1 aliphatic heterocycles. The normalized spacial score (nSPS) is 16.4. The molecule has 0 aliphatic carbocycles. The molecule has 0 radical (unpaired) electrons. The molecule has 3 aromatic rings. The van der Waals surface area contributed by atoms with Crippen molar-refractivity contribution in [3.8, 4) is 0 Å². The number of nitrogens with zero attached hydrogens (tertiary/aromatic N) is 3. The average molecular weight is 537 g/mol. The average Bonchev–Trinajstić information content (AvgIpc) is 2.79. The number of hydrogen-bond donors (Lipinski definition) is 2. The molecule has 2 N–H and O–H groups in total. The predicted octanol–water partition coefficient (Wildman–Crippen LogP) is 4.80. The Bertz CT molecular complexity index is 1190. The first-order valence-electron chi connectivity index (χ1n) is 10.8. The minimum Gasteiger partial charge on any atom is -0.388 e. The Morgan fingerprint density at radius 1 is 1.09 bits per heavy atom. The Labute approximate surface area is 203 Å². The van der Waals surface area contributed by atoms with Crippen molar-refractivity contribution in [1.82, 2.24) is 14.5 Å². The third-order valence-corrected chi connectivity index (χ3v) is 6.44. The molecule has 0 saturated carbocycles. The zero-order chi connectivity index (χ0) is 24.3. The molecule has 0 bridgehead atoms. The first-order chi connectivity index (χ1) is 16.1. The largest absolute Gasteiger partial charge is 0.416 e. The molecule has 0 spiro atoms. The molecule has 0 amide bonds. The van der Waals surface area contributed by atoms with Crippen LogP contribution in [0.4, 0.5) is 24.7 Å². The maximum Gasteiger partial charge on any atom is 0.416 e. The molecule has 6 nitrogen and oxygen atoms in total. The summed E-state index contributed by atoms with van der Waals surface area (Å²) in [4.78, 5) is 19.0. The van der Waals surface area contributed by atoms with E-state index in [9.17, 15) is 23.1 Å². The van der Waals surface area contributed by atoms with E-state index in [0.29, 0.717) is 25.9 Å². The number of hydrogen-bond acceptors (Lipinski definition) is 5. The lowest BCUT2D eigenvalue weighted by Crippen LogP contribution is -2.47. The summed E-state index contributed by atoms with van der Waals surface area (Å²) < 4.78 is 41.1. The fraction of sp³-hybridized carbons (Fsp3) is 0.333. The summed E-state index contributed by atoms with van der Waals surface area (Å²) >= 11 is 3.43. The van der Waals surface area contributed by atoms with Crippen LogP contribution in [0.1, 0.15) is 24.0 Å². The molecule has 0 unspecified atom stereocenters. The molecule has 2 aromatic carbocycles. The first kappa shape index (κ1) is 24.4. The Morgan fingerprint density at radius 3 is 2.44 bits per heavy atom. The highest BCUT2D eigenvalue weighted by molar-refractivity contribution is 9.10. The summed E-state index contributed by atoms with van der Waals surface area (Å²) in [6, 6.07) is 14.0. The summed E-state index contributed by atoms with van der Waals surface area (Å²) in [5.41, 5.74) is -0.846. The van der Waals surface area contributed by atoms with Gasteiger partial charge in [0.2, 0.25) is 0 Å². The first-order valence-corrected chi connectivity index (χ1v) is 11.6. The van der Waals surface area contributed by atoms with E-state index in [4.69, 9.17) is 0 Å². The summed E-state index contributed by atoms with van der Waals surface area (Å²) in [5, 5.41) is 13.8. The highest BCUT2D eigenvalue weighted by Crippen LogP contribution is 2.31. The van der Waals surface area contributed by atoms with Gasteiger partial charge in [0, 0.05) is 35.9 Å². The van der Waals surface area contributed by atoms with Crippen LogP contribution in [0.2, 0.25) is 0 Å². The Hall–Kier alpha value is -2.69. The van der Waals surface area contributed by atoms with Crippen molar-refractivity contribution in [3.05, 3.63) is 86.9 Å². The maximum absolute atomic E-state index is 12.9. The zero-order valence-electron chi connectivity index (χ0n) is 18.2. The molecule has 1 aromatic heterocycles. The third-order valence-electron chi connectivity index (χ3n) is 5.91. The van der Waals surface area contributed by atoms with Gasteiger partial charge in [-0.15, -0.1) is 0 Å². The van der Waals surface area contributed by atoms with E-state index < -0.39 is 22.9 Å². The van der Waals surface area contributed by atoms with Crippen molar-refractivity contribution in [2.24, 2.45) is 0 Å². The van der Waals surface area contributed by atoms with Crippen LogP contribution >= 0.6 is 15.9 Å². The number of aliphatic hydroxyl groups is 1. The molecule has 180 valence electrons. The summed E-state index contributed by atoms with van der Waals surface area (Å²) in [6.45, 7) is 2.30. The van der Waals surface area contributed by atoms with Crippen molar-refractivity contribution >= 4 is 27.4 Å². The molecule has 1 saturated heterocycles. The number of nitrogens with one attached hydrogen (secondary N) is 1. The van der Waals surface area contributed by atoms with E-state index in [2.05, 4.69) is 43.3 Å². The van der Waals surface area contributed by atoms with E-state index in [1.54, 1.807) is 0 Å². The number of anilines is 2. The van der Waals surface area contributed by atoms with E-state index in [1.165, 1.54) is 34.7 Å². The van der Waals surface area contributed by atoms with Gasteiger partial charge in [0.15, 0.2) is 0 Å². The van der Waals surface area contributed by atoms with Crippen LogP contribution in [0.5, 0.6) is 0 Å². The van der Waals surface area contributed by atoms with E-state index in [1.807, 2.05) is 12.1 Å². The Kier molecular flexibility index (Phi) is 7.11. The lowest BCUT2D eigenvalue weighted by molar-refractivity contribution is -0.137. The fourth-order valence-corrected chi connectivity index (χ4v) is 4.25. The molecule has 0 atom stereocenters. The predicted molar refractivity (Wildman–Crippen MR) is 127 cm³/mol. The van der Waals surface area contributed by atoms with Gasteiger partial charge in [-0.05, 0) is 48.7 Å². The van der Waals surface area contributed by atoms with Crippen LogP contribution in [0.15, 0.2) is 70.2 Å². The minimum atomic E-state index is -4.46. The van der Waals surface area contributed by atoms with E-state index >= 15 is 0 Å². The number of benzene rings is 2. The second-order valence-corrected chi connectivity index (χ2v) is 9.49. The number of likely N-dealkylation sites (tertiary alicyclic amines) is 1.